The van der Waals surface area contributed by atoms with Gasteiger partial charge in [-0.3, -0.25) is 4.79 Å². The molecule has 3 heterocycles. The first-order valence-corrected chi connectivity index (χ1v) is 14.1. The Morgan fingerprint density at radius 3 is 2.59 bits per heavy atom. The summed E-state index contributed by atoms with van der Waals surface area (Å²) in [6.07, 6.45) is 3.19. The van der Waals surface area contributed by atoms with Gasteiger partial charge < -0.3 is 43.6 Å². The molecule has 1 spiro atoms. The average Bonchev–Trinajstić information content (AvgIpc) is 3.54. The van der Waals surface area contributed by atoms with E-state index in [1.165, 1.54) is 14.2 Å². The van der Waals surface area contributed by atoms with Crippen LogP contribution in [-0.4, -0.2) is 104 Å². The first kappa shape index (κ1) is 29.9. The average molecular weight is 576 g/mol. The number of rotatable bonds is 9. The lowest BCUT2D eigenvalue weighted by Gasteiger charge is -2.49. The Kier molecular flexibility index (Phi) is 8.75. The molecule has 1 saturated heterocycles. The number of aliphatic hydroxyl groups excluding tert-OH is 2. The van der Waals surface area contributed by atoms with Crippen LogP contribution in [-0.2, 0) is 33.2 Å². The molecule has 3 N–H and O–H groups in total. The fourth-order valence-corrected chi connectivity index (χ4v) is 7.64. The molecule has 2 aliphatic carbocycles. The van der Waals surface area contributed by atoms with E-state index in [1.54, 1.807) is 25.4 Å². The highest BCUT2D eigenvalue weighted by atomic mass is 16.6. The normalized spacial score (nSPS) is 41.7. The van der Waals surface area contributed by atoms with Gasteiger partial charge in [0, 0.05) is 57.1 Å². The van der Waals surface area contributed by atoms with E-state index in [2.05, 4.69) is 4.98 Å². The third kappa shape index (κ3) is 4.96. The summed E-state index contributed by atoms with van der Waals surface area (Å²) in [5.74, 6) is -4.16. The Morgan fingerprint density at radius 2 is 1.93 bits per heavy atom. The number of hydrogen-bond acceptors (Lipinski definition) is 10. The molecule has 11 nitrogen and oxygen atoms in total. The second-order valence-electron chi connectivity index (χ2n) is 11.6. The summed E-state index contributed by atoms with van der Waals surface area (Å²) in [5, 5.41) is 22.9. The molecule has 0 amide bonds. The molecule has 12 atom stereocenters. The van der Waals surface area contributed by atoms with Crippen LogP contribution in [0.2, 0.25) is 0 Å². The third-order valence-electron chi connectivity index (χ3n) is 9.33. The van der Waals surface area contributed by atoms with E-state index in [0.29, 0.717) is 5.69 Å². The molecule has 11 heteroatoms. The smallest absolute Gasteiger partial charge is 0.355 e. The van der Waals surface area contributed by atoms with Crippen LogP contribution in [0.1, 0.15) is 24.3 Å². The molecule has 4 bridgehead atoms. The fourth-order valence-electron chi connectivity index (χ4n) is 7.64. The number of ether oxygens (including phenoxy) is 6. The molecule has 0 aromatic carbocycles. The van der Waals surface area contributed by atoms with Gasteiger partial charge in [-0.25, -0.2) is 4.79 Å². The van der Waals surface area contributed by atoms with Gasteiger partial charge in [-0.2, -0.15) is 0 Å². The Labute approximate surface area is 239 Å². The van der Waals surface area contributed by atoms with Crippen molar-refractivity contribution < 1.29 is 48.2 Å². The third-order valence-corrected chi connectivity index (χ3v) is 9.33. The summed E-state index contributed by atoms with van der Waals surface area (Å²) in [4.78, 5) is 29.7. The molecule has 2 fully saturated rings. The number of carbonyl (C=O) groups excluding carboxylic acids is 2. The lowest BCUT2D eigenvalue weighted by atomic mass is 9.56. The van der Waals surface area contributed by atoms with E-state index in [1.807, 2.05) is 32.1 Å². The number of aromatic nitrogens is 1. The Balaban J connectivity index is 1.61. The Bertz CT molecular complexity index is 1150. The molecular weight excluding hydrogens is 534 g/mol. The minimum Gasteiger partial charge on any atom is -0.459 e. The monoisotopic (exact) mass is 575 g/mol. The van der Waals surface area contributed by atoms with Gasteiger partial charge in [0.15, 0.2) is 0 Å². The number of methoxy groups -OCH3 is 3. The SMILES string of the molecule is COC[C@H]1[C@@H](OC(=O)c2ccc[nH]2)[C@@H]2O[C@@]34/C(C)=C/[C@@H](C)[C@@H]([C@H](O)COC)OC(=O)[C@H](COC)[C@H]3C=CC2C4[C@@H]1O. The summed E-state index contributed by atoms with van der Waals surface area (Å²) >= 11 is 0. The van der Waals surface area contributed by atoms with Crippen molar-refractivity contribution in [2.45, 2.75) is 50.0 Å². The number of H-pyrrole nitrogens is 1. The molecule has 0 radical (unpaired) electrons. The van der Waals surface area contributed by atoms with Crippen molar-refractivity contribution in [1.29, 1.82) is 0 Å². The maximum absolute atomic E-state index is 13.8. The first-order chi connectivity index (χ1) is 19.7. The summed E-state index contributed by atoms with van der Waals surface area (Å²) in [7, 11) is 4.53. The van der Waals surface area contributed by atoms with Crippen LogP contribution in [0.3, 0.4) is 0 Å². The predicted octanol–water partition coefficient (Wildman–Crippen LogP) is 1.51. The summed E-state index contributed by atoms with van der Waals surface area (Å²) in [6, 6.07) is 3.33. The van der Waals surface area contributed by atoms with Gasteiger partial charge in [0.1, 0.15) is 35.7 Å². The molecule has 41 heavy (non-hydrogen) atoms. The zero-order chi connectivity index (χ0) is 29.5. The topological polar surface area (TPSA) is 146 Å². The van der Waals surface area contributed by atoms with E-state index in [4.69, 9.17) is 28.4 Å². The molecule has 1 saturated carbocycles. The number of aromatic amines is 1. The quantitative estimate of drug-likeness (QED) is 0.293. The lowest BCUT2D eigenvalue weighted by molar-refractivity contribution is -0.173. The highest BCUT2D eigenvalue weighted by Gasteiger charge is 2.71. The standard InChI is InChI=1S/C30H41NO10/c1-15-11-16(2)30-20(18(12-36-3)28(34)39-25(15)22(32)14-38-5)9-8-17-23(30)24(33)19(13-37-4)26(27(17)41-30)40-29(35)21-7-6-10-31-21/h6-11,15,17-20,22-27,31-33H,12-14H2,1-5H3/b16-11+/t15-,17?,18-,19-,20-,22-,23?,24-,25+,26-,27-,30+/m1/s1. The second kappa shape index (κ2) is 12.0. The molecule has 1 aromatic rings. The molecular formula is C30H41NO10. The number of cyclic esters (lactones) is 1. The van der Waals surface area contributed by atoms with Gasteiger partial charge in [-0.1, -0.05) is 25.2 Å². The van der Waals surface area contributed by atoms with Crippen molar-refractivity contribution in [3.05, 3.63) is 47.8 Å². The maximum Gasteiger partial charge on any atom is 0.355 e. The molecule has 226 valence electrons. The second-order valence-corrected chi connectivity index (χ2v) is 11.6. The Morgan fingerprint density at radius 1 is 1.17 bits per heavy atom. The van der Waals surface area contributed by atoms with Crippen LogP contribution in [0, 0.1) is 35.5 Å². The minimum absolute atomic E-state index is 0.00681. The fraction of sp³-hybridized carbons (Fsp3) is 0.667. The van der Waals surface area contributed by atoms with E-state index >= 15 is 0 Å². The highest BCUT2D eigenvalue weighted by Crippen LogP contribution is 2.62. The number of carbonyl (C=O) groups is 2. The summed E-state index contributed by atoms with van der Waals surface area (Å²) in [6.45, 7) is 3.97. The van der Waals surface area contributed by atoms with Crippen molar-refractivity contribution in [2.24, 2.45) is 35.5 Å². The van der Waals surface area contributed by atoms with Crippen molar-refractivity contribution in [2.75, 3.05) is 41.2 Å². The minimum atomic E-state index is -1.12. The molecule has 4 aliphatic rings. The zero-order valence-corrected chi connectivity index (χ0v) is 24.1. The number of nitrogens with one attached hydrogen (secondary N) is 1. The number of hydrogen-bond donors (Lipinski definition) is 3. The largest absolute Gasteiger partial charge is 0.459 e. The van der Waals surface area contributed by atoms with Crippen LogP contribution in [0.15, 0.2) is 42.1 Å². The van der Waals surface area contributed by atoms with Gasteiger partial charge >= 0.3 is 11.9 Å². The summed E-state index contributed by atoms with van der Waals surface area (Å²) in [5.41, 5.74) is -0.0284. The van der Waals surface area contributed by atoms with Crippen LogP contribution in [0.5, 0.6) is 0 Å². The van der Waals surface area contributed by atoms with Gasteiger partial charge in [-0.15, -0.1) is 0 Å². The molecule has 2 unspecified atom stereocenters. The summed E-state index contributed by atoms with van der Waals surface area (Å²) < 4.78 is 35.2. The van der Waals surface area contributed by atoms with E-state index in [-0.39, 0.29) is 25.7 Å². The van der Waals surface area contributed by atoms with Gasteiger partial charge in [0.2, 0.25) is 0 Å². The maximum atomic E-state index is 13.8. The number of aliphatic hydroxyl groups is 2. The number of esters is 2. The Hall–Kier alpha value is -2.54. The van der Waals surface area contributed by atoms with Gasteiger partial charge in [-0.05, 0) is 24.6 Å². The van der Waals surface area contributed by atoms with E-state index in [0.717, 1.165) is 5.57 Å². The van der Waals surface area contributed by atoms with Crippen LogP contribution in [0.25, 0.3) is 0 Å². The first-order valence-electron chi connectivity index (χ1n) is 14.1. The van der Waals surface area contributed by atoms with E-state index in [9.17, 15) is 19.8 Å². The van der Waals surface area contributed by atoms with Crippen molar-refractivity contribution in [3.8, 4) is 0 Å². The van der Waals surface area contributed by atoms with Crippen molar-refractivity contribution >= 4 is 11.9 Å². The van der Waals surface area contributed by atoms with Crippen LogP contribution < -0.4 is 0 Å². The molecule has 2 aliphatic heterocycles. The molecule has 1 aromatic heterocycles. The molecule has 5 rings (SSSR count). The van der Waals surface area contributed by atoms with Crippen LogP contribution in [0.4, 0.5) is 0 Å². The van der Waals surface area contributed by atoms with E-state index < -0.39 is 77.6 Å². The lowest BCUT2D eigenvalue weighted by Crippen LogP contribution is -2.59. The van der Waals surface area contributed by atoms with Crippen molar-refractivity contribution in [1.82, 2.24) is 4.98 Å². The predicted molar refractivity (Wildman–Crippen MR) is 145 cm³/mol. The zero-order valence-electron chi connectivity index (χ0n) is 24.1. The van der Waals surface area contributed by atoms with Gasteiger partial charge in [0.25, 0.3) is 0 Å². The van der Waals surface area contributed by atoms with Crippen molar-refractivity contribution in [3.63, 3.8) is 0 Å². The highest BCUT2D eigenvalue weighted by molar-refractivity contribution is 5.87. The van der Waals surface area contributed by atoms with Gasteiger partial charge in [0.05, 0.1) is 31.8 Å². The van der Waals surface area contributed by atoms with Crippen LogP contribution >= 0.6 is 0 Å².